The predicted molar refractivity (Wildman–Crippen MR) is 67.0 cm³/mol. The van der Waals surface area contributed by atoms with E-state index in [1.807, 2.05) is 4.90 Å². The molecule has 18 heavy (non-hydrogen) atoms. The summed E-state index contributed by atoms with van der Waals surface area (Å²) in [7, 11) is 0. The molecule has 0 aliphatic carbocycles. The van der Waals surface area contributed by atoms with Gasteiger partial charge in [-0.05, 0) is 32.5 Å². The molecule has 1 aliphatic heterocycles. The van der Waals surface area contributed by atoms with Gasteiger partial charge in [-0.25, -0.2) is 0 Å². The lowest BCUT2D eigenvalue weighted by Gasteiger charge is -2.21. The fourth-order valence-corrected chi connectivity index (χ4v) is 2.18. The van der Waals surface area contributed by atoms with Crippen molar-refractivity contribution in [2.75, 3.05) is 39.3 Å². The van der Waals surface area contributed by atoms with Crippen LogP contribution in [0.25, 0.3) is 0 Å². The van der Waals surface area contributed by atoms with Crippen molar-refractivity contribution >= 4 is 5.91 Å². The van der Waals surface area contributed by atoms with Gasteiger partial charge in [-0.15, -0.1) is 0 Å². The van der Waals surface area contributed by atoms with E-state index in [-0.39, 0.29) is 5.91 Å². The Morgan fingerprint density at radius 1 is 1.39 bits per heavy atom. The Kier molecular flexibility index (Phi) is 4.66. The van der Waals surface area contributed by atoms with Gasteiger partial charge in [0.2, 0.25) is 0 Å². The number of nitrogens with zero attached hydrogens (tertiary/aromatic N) is 4. The molecule has 0 bridgehead atoms. The minimum absolute atomic E-state index is 0.0376. The van der Waals surface area contributed by atoms with Crippen LogP contribution in [-0.2, 0) is 0 Å². The molecule has 2 heterocycles. The third-order valence-electron chi connectivity index (χ3n) is 3.19. The Morgan fingerprint density at radius 3 is 3.00 bits per heavy atom. The Balaban J connectivity index is 1.87. The van der Waals surface area contributed by atoms with E-state index in [9.17, 15) is 4.79 Å². The van der Waals surface area contributed by atoms with E-state index in [0.29, 0.717) is 5.69 Å². The molecule has 0 saturated carbocycles. The largest absolute Gasteiger partial charge is 0.336 e. The molecule has 1 amide bonds. The Bertz CT molecular complexity index is 366. The Labute approximate surface area is 106 Å². The number of hydrogen-bond acceptors (Lipinski definition) is 5. The summed E-state index contributed by atoms with van der Waals surface area (Å²) in [6.45, 7) is 5.20. The number of carbonyl (C=O) groups is 1. The van der Waals surface area contributed by atoms with E-state index in [1.54, 1.807) is 0 Å². The van der Waals surface area contributed by atoms with E-state index in [1.165, 1.54) is 6.20 Å². The van der Waals surface area contributed by atoms with Crippen LogP contribution in [0.3, 0.4) is 0 Å². The summed E-state index contributed by atoms with van der Waals surface area (Å²) in [6.07, 6.45) is 3.48. The van der Waals surface area contributed by atoms with Crippen molar-refractivity contribution in [1.82, 2.24) is 25.2 Å². The van der Waals surface area contributed by atoms with Gasteiger partial charge < -0.3 is 15.5 Å². The highest BCUT2D eigenvalue weighted by atomic mass is 16.2. The zero-order valence-corrected chi connectivity index (χ0v) is 10.5. The molecule has 0 spiro atoms. The predicted octanol–water partition coefficient (Wildman–Crippen LogP) is -0.699. The monoisotopic (exact) mass is 252 g/mol. The standard InChI is InChI=1S/C11H20N6O/c12-3-1-4-16-5-2-6-17(8-7-16)11(18)10-9-13-15-14-10/h9H,1-8,12H2,(H,13,14,15). The maximum Gasteiger partial charge on any atom is 0.276 e. The molecule has 100 valence electrons. The number of aromatic amines is 1. The molecular formula is C11H20N6O. The number of amides is 1. The number of hydrogen-bond donors (Lipinski definition) is 2. The van der Waals surface area contributed by atoms with Gasteiger partial charge in [0.05, 0.1) is 6.20 Å². The fourth-order valence-electron chi connectivity index (χ4n) is 2.18. The summed E-state index contributed by atoms with van der Waals surface area (Å²) < 4.78 is 0. The lowest BCUT2D eigenvalue weighted by Crippen LogP contribution is -2.35. The van der Waals surface area contributed by atoms with Gasteiger partial charge in [0, 0.05) is 19.6 Å². The topological polar surface area (TPSA) is 91.1 Å². The first-order chi connectivity index (χ1) is 8.81. The quantitative estimate of drug-likeness (QED) is 0.739. The summed E-state index contributed by atoms with van der Waals surface area (Å²) in [4.78, 5) is 16.3. The minimum atomic E-state index is -0.0376. The number of H-pyrrole nitrogens is 1. The average Bonchev–Trinajstić information content (AvgIpc) is 2.82. The van der Waals surface area contributed by atoms with Gasteiger partial charge in [0.15, 0.2) is 5.69 Å². The van der Waals surface area contributed by atoms with Crippen LogP contribution in [0.2, 0.25) is 0 Å². The lowest BCUT2D eigenvalue weighted by molar-refractivity contribution is 0.0755. The molecule has 1 aliphatic rings. The van der Waals surface area contributed by atoms with Gasteiger partial charge in [-0.2, -0.15) is 15.4 Å². The molecule has 0 unspecified atom stereocenters. The zero-order valence-electron chi connectivity index (χ0n) is 10.5. The number of aromatic nitrogens is 3. The molecule has 2 rings (SSSR count). The fraction of sp³-hybridized carbons (Fsp3) is 0.727. The van der Waals surface area contributed by atoms with Crippen LogP contribution in [0.15, 0.2) is 6.20 Å². The molecule has 1 aromatic heterocycles. The maximum atomic E-state index is 12.1. The van der Waals surface area contributed by atoms with E-state index in [2.05, 4.69) is 20.3 Å². The third-order valence-corrected chi connectivity index (χ3v) is 3.19. The lowest BCUT2D eigenvalue weighted by atomic mass is 10.3. The van der Waals surface area contributed by atoms with E-state index >= 15 is 0 Å². The van der Waals surface area contributed by atoms with Crippen LogP contribution in [-0.4, -0.2) is 70.4 Å². The van der Waals surface area contributed by atoms with Crippen molar-refractivity contribution < 1.29 is 4.79 Å². The zero-order chi connectivity index (χ0) is 12.8. The molecule has 0 radical (unpaired) electrons. The molecule has 3 N–H and O–H groups in total. The third kappa shape index (κ3) is 3.27. The van der Waals surface area contributed by atoms with Crippen molar-refractivity contribution in [3.63, 3.8) is 0 Å². The van der Waals surface area contributed by atoms with Crippen LogP contribution < -0.4 is 5.73 Å². The molecule has 7 nitrogen and oxygen atoms in total. The molecule has 1 aromatic rings. The minimum Gasteiger partial charge on any atom is -0.336 e. The van der Waals surface area contributed by atoms with Gasteiger partial charge in [0.1, 0.15) is 0 Å². The van der Waals surface area contributed by atoms with Crippen molar-refractivity contribution in [3.05, 3.63) is 11.9 Å². The van der Waals surface area contributed by atoms with Gasteiger partial charge in [0.25, 0.3) is 5.91 Å². The SMILES string of the molecule is NCCCN1CCCN(C(=O)c2cn[nH]n2)CC1. The summed E-state index contributed by atoms with van der Waals surface area (Å²) >= 11 is 0. The van der Waals surface area contributed by atoms with E-state index in [4.69, 9.17) is 5.73 Å². The van der Waals surface area contributed by atoms with Crippen molar-refractivity contribution in [1.29, 1.82) is 0 Å². The molecule has 0 aromatic carbocycles. The summed E-state index contributed by atoms with van der Waals surface area (Å²) in [6, 6.07) is 0. The normalized spacial score (nSPS) is 17.7. The number of nitrogens with one attached hydrogen (secondary N) is 1. The molecular weight excluding hydrogens is 232 g/mol. The van der Waals surface area contributed by atoms with Crippen molar-refractivity contribution in [2.45, 2.75) is 12.8 Å². The van der Waals surface area contributed by atoms with Gasteiger partial charge in [-0.3, -0.25) is 4.79 Å². The second kappa shape index (κ2) is 6.46. The van der Waals surface area contributed by atoms with Gasteiger partial charge in [-0.1, -0.05) is 0 Å². The first-order valence-corrected chi connectivity index (χ1v) is 6.38. The van der Waals surface area contributed by atoms with E-state index < -0.39 is 0 Å². The highest BCUT2D eigenvalue weighted by Crippen LogP contribution is 2.07. The second-order valence-electron chi connectivity index (χ2n) is 4.48. The van der Waals surface area contributed by atoms with Crippen LogP contribution in [0, 0.1) is 0 Å². The highest BCUT2D eigenvalue weighted by molar-refractivity contribution is 5.91. The molecule has 1 saturated heterocycles. The van der Waals surface area contributed by atoms with Crippen LogP contribution >= 0.6 is 0 Å². The average molecular weight is 252 g/mol. The maximum absolute atomic E-state index is 12.1. The first kappa shape index (κ1) is 13.0. The summed E-state index contributed by atoms with van der Waals surface area (Å²) in [5.41, 5.74) is 5.91. The van der Waals surface area contributed by atoms with Gasteiger partial charge >= 0.3 is 0 Å². The van der Waals surface area contributed by atoms with Crippen LogP contribution in [0.1, 0.15) is 23.3 Å². The molecule has 0 atom stereocenters. The Morgan fingerprint density at radius 2 is 2.28 bits per heavy atom. The highest BCUT2D eigenvalue weighted by Gasteiger charge is 2.21. The van der Waals surface area contributed by atoms with Crippen LogP contribution in [0.5, 0.6) is 0 Å². The van der Waals surface area contributed by atoms with E-state index in [0.717, 1.165) is 52.1 Å². The van der Waals surface area contributed by atoms with Crippen molar-refractivity contribution in [3.8, 4) is 0 Å². The molecule has 1 fully saturated rings. The first-order valence-electron chi connectivity index (χ1n) is 6.38. The number of rotatable bonds is 4. The number of nitrogens with two attached hydrogens (primary N) is 1. The second-order valence-corrected chi connectivity index (χ2v) is 4.48. The smallest absolute Gasteiger partial charge is 0.276 e. The summed E-state index contributed by atoms with van der Waals surface area (Å²) in [5, 5.41) is 9.97. The summed E-state index contributed by atoms with van der Waals surface area (Å²) in [5.74, 6) is -0.0376. The van der Waals surface area contributed by atoms with Crippen molar-refractivity contribution in [2.24, 2.45) is 5.73 Å². The number of carbonyl (C=O) groups excluding carboxylic acids is 1. The Hall–Kier alpha value is -1.47. The van der Waals surface area contributed by atoms with Crippen LogP contribution in [0.4, 0.5) is 0 Å². The molecule has 7 heteroatoms.